The van der Waals surface area contributed by atoms with Gasteiger partial charge in [0.2, 0.25) is 0 Å². The molecule has 0 heterocycles. The highest BCUT2D eigenvalue weighted by atomic mass is 16.4. The van der Waals surface area contributed by atoms with Gasteiger partial charge >= 0.3 is 5.97 Å². The molecule has 0 unspecified atom stereocenters. The zero-order valence-electron chi connectivity index (χ0n) is 22.4. The highest BCUT2D eigenvalue weighted by Gasteiger charge is 2.69. The van der Waals surface area contributed by atoms with Crippen LogP contribution >= 0.6 is 0 Å². The maximum atomic E-state index is 12.8. The highest BCUT2D eigenvalue weighted by molar-refractivity contribution is 5.76. The summed E-state index contributed by atoms with van der Waals surface area (Å²) in [6.45, 7) is 14.3. The maximum absolute atomic E-state index is 12.8. The molecular formula is C30H48O4. The van der Waals surface area contributed by atoms with Crippen molar-refractivity contribution in [2.45, 2.75) is 112 Å². The number of carboxylic acids is 1. The van der Waals surface area contributed by atoms with E-state index in [9.17, 15) is 20.1 Å². The second-order valence-electron chi connectivity index (χ2n) is 14.9. The fraction of sp³-hybridized carbons (Fsp3) is 0.900. The van der Waals surface area contributed by atoms with Crippen molar-refractivity contribution in [1.29, 1.82) is 0 Å². The summed E-state index contributed by atoms with van der Waals surface area (Å²) in [7, 11) is 0. The molecule has 3 N–H and O–H groups in total. The Labute approximate surface area is 206 Å². The lowest BCUT2D eigenvalue weighted by Crippen LogP contribution is -2.65. The predicted octanol–water partition coefficient (Wildman–Crippen LogP) is 6.21. The third-order valence-electron chi connectivity index (χ3n) is 13.2. The Morgan fingerprint density at radius 1 is 0.941 bits per heavy atom. The van der Waals surface area contributed by atoms with E-state index in [1.165, 1.54) is 5.57 Å². The molecule has 0 spiro atoms. The van der Waals surface area contributed by atoms with Crippen molar-refractivity contribution in [1.82, 2.24) is 0 Å². The third kappa shape index (κ3) is 2.88. The molecule has 5 rings (SSSR count). The van der Waals surface area contributed by atoms with E-state index in [-0.39, 0.29) is 34.2 Å². The zero-order chi connectivity index (χ0) is 24.9. The number of fused-ring (bicyclic) bond motifs is 7. The summed E-state index contributed by atoms with van der Waals surface area (Å²) in [6, 6.07) is 0. The van der Waals surface area contributed by atoms with Gasteiger partial charge in [-0.1, -0.05) is 53.2 Å². The average molecular weight is 473 g/mol. The molecule has 4 nitrogen and oxygen atoms in total. The summed E-state index contributed by atoms with van der Waals surface area (Å²) in [6.07, 6.45) is 11.6. The van der Waals surface area contributed by atoms with Crippen LogP contribution in [0, 0.1) is 50.2 Å². The number of aliphatic hydroxyl groups excluding tert-OH is 2. The number of aliphatic carboxylic acids is 1. The molecule has 4 heteroatoms. The van der Waals surface area contributed by atoms with E-state index < -0.39 is 22.9 Å². The summed E-state index contributed by atoms with van der Waals surface area (Å²) in [5, 5.41) is 31.8. The Hall–Kier alpha value is -0.870. The van der Waals surface area contributed by atoms with Crippen molar-refractivity contribution in [3.8, 4) is 0 Å². The second kappa shape index (κ2) is 7.34. The highest BCUT2D eigenvalue weighted by Crippen LogP contribution is 2.75. The molecule has 192 valence electrons. The van der Waals surface area contributed by atoms with Crippen LogP contribution in [0.3, 0.4) is 0 Å². The number of aliphatic hydroxyl groups is 2. The zero-order valence-corrected chi connectivity index (χ0v) is 22.4. The molecule has 0 radical (unpaired) electrons. The van der Waals surface area contributed by atoms with Gasteiger partial charge in [0, 0.05) is 5.41 Å². The SMILES string of the molecule is CC1(C)CC[C@]2(C(=O)O)CC[C@]3(C)C(=CC[C@@H]4[C@]5(C)CC[C@H](O)[C@](C)(CO)[C@@H]5CC[C@@]43C)[C@H]2C1. The first-order chi connectivity index (χ1) is 15.7. The van der Waals surface area contributed by atoms with Crippen molar-refractivity contribution in [2.75, 3.05) is 6.61 Å². The maximum Gasteiger partial charge on any atom is 0.310 e. The molecule has 4 saturated carbocycles. The van der Waals surface area contributed by atoms with Crippen molar-refractivity contribution >= 4 is 5.97 Å². The Kier molecular flexibility index (Phi) is 5.36. The van der Waals surface area contributed by atoms with Gasteiger partial charge in [-0.15, -0.1) is 0 Å². The molecule has 0 amide bonds. The van der Waals surface area contributed by atoms with Crippen LogP contribution in [0.2, 0.25) is 0 Å². The lowest BCUT2D eigenvalue weighted by Gasteiger charge is -2.71. The van der Waals surface area contributed by atoms with Gasteiger partial charge in [-0.3, -0.25) is 4.79 Å². The van der Waals surface area contributed by atoms with E-state index >= 15 is 0 Å². The normalized spacial score (nSPS) is 54.1. The number of carbonyl (C=O) groups is 1. The number of allylic oxidation sites excluding steroid dienone is 2. The van der Waals surface area contributed by atoms with E-state index in [4.69, 9.17) is 0 Å². The largest absolute Gasteiger partial charge is 0.481 e. The van der Waals surface area contributed by atoms with Crippen LogP contribution in [0.15, 0.2) is 11.6 Å². The topological polar surface area (TPSA) is 77.8 Å². The molecule has 0 aromatic carbocycles. The number of hydrogen-bond acceptors (Lipinski definition) is 3. The number of hydrogen-bond donors (Lipinski definition) is 3. The molecule has 34 heavy (non-hydrogen) atoms. The summed E-state index contributed by atoms with van der Waals surface area (Å²) in [4.78, 5) is 12.8. The fourth-order valence-corrected chi connectivity index (χ4v) is 10.7. The molecule has 4 fully saturated rings. The quantitative estimate of drug-likeness (QED) is 0.418. The molecule has 0 aromatic rings. The number of carboxylic acid groups (broad SMARTS) is 1. The molecule has 0 aliphatic heterocycles. The minimum Gasteiger partial charge on any atom is -0.481 e. The average Bonchev–Trinajstić information content (AvgIpc) is 2.76. The van der Waals surface area contributed by atoms with Crippen LogP contribution < -0.4 is 0 Å². The van der Waals surface area contributed by atoms with Gasteiger partial charge in [0.05, 0.1) is 18.1 Å². The Morgan fingerprint density at radius 3 is 2.26 bits per heavy atom. The first kappa shape index (κ1) is 24.8. The van der Waals surface area contributed by atoms with Crippen LogP contribution in [0.1, 0.15) is 106 Å². The van der Waals surface area contributed by atoms with Crippen LogP contribution in [-0.4, -0.2) is 34.0 Å². The molecule has 9 atom stereocenters. The van der Waals surface area contributed by atoms with Crippen molar-refractivity contribution in [3.05, 3.63) is 11.6 Å². The molecule has 5 aliphatic rings. The van der Waals surface area contributed by atoms with E-state index in [1.54, 1.807) is 0 Å². The molecular weight excluding hydrogens is 424 g/mol. The monoisotopic (exact) mass is 472 g/mol. The van der Waals surface area contributed by atoms with Gasteiger partial charge in [-0.2, -0.15) is 0 Å². The summed E-state index contributed by atoms with van der Waals surface area (Å²) in [5.74, 6) is 0.395. The Bertz CT molecular complexity index is 907. The Morgan fingerprint density at radius 2 is 1.62 bits per heavy atom. The van der Waals surface area contributed by atoms with Crippen LogP contribution in [0.25, 0.3) is 0 Å². The minimum atomic E-state index is -0.588. The van der Waals surface area contributed by atoms with Gasteiger partial charge in [-0.25, -0.2) is 0 Å². The van der Waals surface area contributed by atoms with Crippen molar-refractivity contribution in [3.63, 3.8) is 0 Å². The summed E-state index contributed by atoms with van der Waals surface area (Å²) in [5.41, 5.74) is 0.858. The van der Waals surface area contributed by atoms with E-state index in [0.717, 1.165) is 64.2 Å². The van der Waals surface area contributed by atoms with E-state index in [2.05, 4.69) is 47.6 Å². The first-order valence-electron chi connectivity index (χ1n) is 13.9. The standard InChI is InChI=1S/C30H48O4/c1-25(2)13-15-30(24(33)34)16-14-28(5)19(20(30)17-25)7-8-22-26(3)11-10-23(32)27(4,18-31)21(26)9-12-29(22,28)6/h7,20-23,31-32H,8-18H2,1-6H3,(H,33,34)/t20-,21-,22-,23+,26-,27-,28-,29+,30+/m1/s1. The van der Waals surface area contributed by atoms with Gasteiger partial charge in [0.15, 0.2) is 0 Å². The predicted molar refractivity (Wildman–Crippen MR) is 134 cm³/mol. The van der Waals surface area contributed by atoms with Crippen molar-refractivity contribution < 1.29 is 20.1 Å². The van der Waals surface area contributed by atoms with Gasteiger partial charge < -0.3 is 15.3 Å². The smallest absolute Gasteiger partial charge is 0.310 e. The first-order valence-corrected chi connectivity index (χ1v) is 13.9. The summed E-state index contributed by atoms with van der Waals surface area (Å²) >= 11 is 0. The molecule has 0 aromatic heterocycles. The van der Waals surface area contributed by atoms with E-state index in [1.807, 2.05) is 0 Å². The Balaban J connectivity index is 1.60. The lowest BCUT2D eigenvalue weighted by atomic mass is 9.33. The molecule has 0 saturated heterocycles. The third-order valence-corrected chi connectivity index (χ3v) is 13.2. The molecule has 0 bridgehead atoms. The van der Waals surface area contributed by atoms with Crippen LogP contribution in [0.4, 0.5) is 0 Å². The van der Waals surface area contributed by atoms with Crippen molar-refractivity contribution in [2.24, 2.45) is 50.2 Å². The summed E-state index contributed by atoms with van der Waals surface area (Å²) < 4.78 is 0. The van der Waals surface area contributed by atoms with Gasteiger partial charge in [-0.05, 0) is 104 Å². The van der Waals surface area contributed by atoms with Crippen LogP contribution in [-0.2, 0) is 4.79 Å². The van der Waals surface area contributed by atoms with Crippen LogP contribution in [0.5, 0.6) is 0 Å². The number of rotatable bonds is 2. The van der Waals surface area contributed by atoms with Gasteiger partial charge in [0.1, 0.15) is 0 Å². The molecule has 5 aliphatic carbocycles. The van der Waals surface area contributed by atoms with E-state index in [0.29, 0.717) is 11.8 Å². The lowest BCUT2D eigenvalue weighted by molar-refractivity contribution is -0.216. The fourth-order valence-electron chi connectivity index (χ4n) is 10.7. The second-order valence-corrected chi connectivity index (χ2v) is 14.9. The van der Waals surface area contributed by atoms with Gasteiger partial charge in [0.25, 0.3) is 0 Å². The minimum absolute atomic E-state index is 0.0204.